The van der Waals surface area contributed by atoms with Crippen LogP contribution < -0.4 is 0 Å². The first-order valence-corrected chi connectivity index (χ1v) is 5.36. The van der Waals surface area contributed by atoms with E-state index in [1.807, 2.05) is 69.4 Å². The summed E-state index contributed by atoms with van der Waals surface area (Å²) >= 11 is 4.05. The number of rotatable bonds is 0. The molecule has 0 amide bonds. The fraction of sp³-hybridized carbons (Fsp3) is 0. The fourth-order valence-electron chi connectivity index (χ4n) is 0.784. The zero-order valence-corrected chi connectivity index (χ0v) is 10.4. The molecule has 1 rings (SSSR count). The lowest BCUT2D eigenvalue weighted by molar-refractivity contribution is 1.60. The lowest BCUT2D eigenvalue weighted by Crippen LogP contribution is -1.76. The molecule has 0 spiro atoms. The van der Waals surface area contributed by atoms with Crippen LogP contribution in [-0.2, 0) is 0 Å². The van der Waals surface area contributed by atoms with E-state index in [4.69, 9.17) is 0 Å². The van der Waals surface area contributed by atoms with E-state index in [0.29, 0.717) is 0 Å². The number of halogens is 2. The molecule has 1 aromatic rings. The van der Waals surface area contributed by atoms with Gasteiger partial charge in [0.15, 0.2) is 0 Å². The van der Waals surface area contributed by atoms with Gasteiger partial charge in [-0.05, 0) is 26.1 Å². The maximum Gasteiger partial charge on any atom is 0.0265 e. The minimum absolute atomic E-state index is 1.01. The van der Waals surface area contributed by atoms with Crippen molar-refractivity contribution in [3.63, 3.8) is 0 Å². The molecule has 0 atom stereocenters. The summed E-state index contributed by atoms with van der Waals surface area (Å²) in [6.07, 6.45) is 0. The molecule has 0 heterocycles. The molecule has 0 fully saturated rings. The summed E-state index contributed by atoms with van der Waals surface area (Å²) in [5, 5.41) is 0. The van der Waals surface area contributed by atoms with Crippen LogP contribution in [0.15, 0.2) is 24.3 Å². The Kier molecular flexibility index (Phi) is 4.49. The van der Waals surface area contributed by atoms with Crippen LogP contribution in [0.4, 0.5) is 0 Å². The van der Waals surface area contributed by atoms with Crippen molar-refractivity contribution in [2.75, 3.05) is 0 Å². The highest BCUT2D eigenvalue weighted by Gasteiger charge is 1.88. The first-order chi connectivity index (χ1) is 5.86. The minimum Gasteiger partial charge on any atom is -0.0598 e. The van der Waals surface area contributed by atoms with Crippen molar-refractivity contribution in [3.8, 4) is 19.7 Å². The highest BCUT2D eigenvalue weighted by atomic mass is 127. The Bertz CT molecular complexity index is 350. The van der Waals surface area contributed by atoms with Crippen LogP contribution in [0.3, 0.4) is 0 Å². The zero-order chi connectivity index (χ0) is 8.81. The van der Waals surface area contributed by atoms with Gasteiger partial charge in [-0.15, -0.1) is 0 Å². The lowest BCUT2D eigenvalue weighted by atomic mass is 10.1. The van der Waals surface area contributed by atoms with Crippen molar-refractivity contribution in [1.82, 2.24) is 0 Å². The smallest absolute Gasteiger partial charge is 0.0265 e. The summed E-state index contributed by atoms with van der Waals surface area (Å²) in [6, 6.07) is 7.90. The minimum atomic E-state index is 1.01. The van der Waals surface area contributed by atoms with Gasteiger partial charge in [-0.3, -0.25) is 0 Å². The van der Waals surface area contributed by atoms with Gasteiger partial charge in [0, 0.05) is 56.3 Å². The number of benzene rings is 1. The van der Waals surface area contributed by atoms with Crippen molar-refractivity contribution in [2.45, 2.75) is 0 Å². The summed E-state index contributed by atoms with van der Waals surface area (Å²) in [5.74, 6) is 5.95. The van der Waals surface area contributed by atoms with Gasteiger partial charge in [0.2, 0.25) is 0 Å². The molecule has 0 nitrogen and oxygen atoms in total. The zero-order valence-electron chi connectivity index (χ0n) is 6.07. The van der Waals surface area contributed by atoms with Crippen LogP contribution in [0.5, 0.6) is 0 Å². The molecule has 0 aliphatic heterocycles. The molecule has 2 heteroatoms. The Morgan fingerprint density at radius 3 is 1.83 bits per heavy atom. The van der Waals surface area contributed by atoms with E-state index in [9.17, 15) is 0 Å². The van der Waals surface area contributed by atoms with E-state index in [0.717, 1.165) is 11.1 Å². The van der Waals surface area contributed by atoms with Crippen molar-refractivity contribution in [2.24, 2.45) is 0 Å². The van der Waals surface area contributed by atoms with Crippen LogP contribution in [-0.4, -0.2) is 0 Å². The predicted molar refractivity (Wildman–Crippen MR) is 68.2 cm³/mol. The topological polar surface area (TPSA) is 0 Å². The predicted octanol–water partition coefficient (Wildman–Crippen LogP) is 3.17. The molecule has 12 heavy (non-hydrogen) atoms. The van der Waals surface area contributed by atoms with Crippen LogP contribution in [0.25, 0.3) is 0 Å². The van der Waals surface area contributed by atoms with Gasteiger partial charge in [-0.1, -0.05) is 17.9 Å². The summed E-state index contributed by atoms with van der Waals surface area (Å²) in [4.78, 5) is 0. The average Bonchev–Trinajstić information content (AvgIpc) is 2.06. The van der Waals surface area contributed by atoms with Gasteiger partial charge in [0.1, 0.15) is 0 Å². The normalized spacial score (nSPS) is 7.50. The van der Waals surface area contributed by atoms with E-state index in [1.165, 1.54) is 0 Å². The van der Waals surface area contributed by atoms with Gasteiger partial charge in [0.05, 0.1) is 0 Å². The van der Waals surface area contributed by atoms with E-state index >= 15 is 0 Å². The molecule has 0 unspecified atom stereocenters. The first-order valence-electron chi connectivity index (χ1n) is 3.20. The van der Waals surface area contributed by atoms with E-state index in [2.05, 4.69) is 19.7 Å². The second-order valence-electron chi connectivity index (χ2n) is 2.02. The third-order valence-corrected chi connectivity index (χ3v) is 1.79. The summed E-state index contributed by atoms with van der Waals surface area (Å²) < 4.78 is 5.65. The Morgan fingerprint density at radius 1 is 0.917 bits per heavy atom. The quantitative estimate of drug-likeness (QED) is 0.481. The lowest BCUT2D eigenvalue weighted by Gasteiger charge is -1.90. The van der Waals surface area contributed by atoms with Crippen LogP contribution in [0.2, 0.25) is 0 Å². The Hall–Kier alpha value is -0.200. The molecular weight excluding hydrogens is 374 g/mol. The maximum absolute atomic E-state index is 2.97. The van der Waals surface area contributed by atoms with Crippen molar-refractivity contribution in [1.29, 1.82) is 0 Å². The standard InChI is InChI=1S/C10H4I2/c11-6-4-9-2-1-3-10(8-9)5-7-12/h1-3,8H. The molecule has 0 radical (unpaired) electrons. The molecule has 0 aliphatic carbocycles. The SMILES string of the molecule is IC#Cc1cccc(C#CI)c1. The van der Waals surface area contributed by atoms with Crippen LogP contribution in [0.1, 0.15) is 11.1 Å². The molecule has 0 bridgehead atoms. The molecule has 0 N–H and O–H groups in total. The van der Waals surface area contributed by atoms with E-state index in [-0.39, 0.29) is 0 Å². The highest BCUT2D eigenvalue weighted by Crippen LogP contribution is 2.02. The monoisotopic (exact) mass is 378 g/mol. The fourth-order valence-corrected chi connectivity index (χ4v) is 1.41. The second kappa shape index (κ2) is 5.45. The van der Waals surface area contributed by atoms with Gasteiger partial charge >= 0.3 is 0 Å². The van der Waals surface area contributed by atoms with Crippen molar-refractivity contribution < 1.29 is 0 Å². The third kappa shape index (κ3) is 3.04. The summed E-state index contributed by atoms with van der Waals surface area (Å²) in [7, 11) is 0. The molecule has 0 aromatic heterocycles. The Labute approximate surface area is 99.4 Å². The highest BCUT2D eigenvalue weighted by molar-refractivity contribution is 14.1. The van der Waals surface area contributed by atoms with Gasteiger partial charge in [0.25, 0.3) is 0 Å². The van der Waals surface area contributed by atoms with Gasteiger partial charge in [-0.25, -0.2) is 0 Å². The third-order valence-electron chi connectivity index (χ3n) is 1.25. The first kappa shape index (κ1) is 9.88. The molecule has 0 saturated carbocycles. The number of hydrogen-bond acceptors (Lipinski definition) is 0. The van der Waals surface area contributed by atoms with E-state index < -0.39 is 0 Å². The van der Waals surface area contributed by atoms with Gasteiger partial charge in [-0.2, -0.15) is 0 Å². The Balaban J connectivity index is 3.06. The molecule has 0 saturated heterocycles. The van der Waals surface area contributed by atoms with Crippen LogP contribution >= 0.6 is 45.2 Å². The largest absolute Gasteiger partial charge is 0.0598 e. The van der Waals surface area contributed by atoms with Crippen LogP contribution in [0, 0.1) is 19.7 Å². The maximum atomic E-state index is 2.97. The molecule has 1 aromatic carbocycles. The Morgan fingerprint density at radius 2 is 1.42 bits per heavy atom. The number of hydrogen-bond donors (Lipinski definition) is 0. The summed E-state index contributed by atoms with van der Waals surface area (Å²) in [5.41, 5.74) is 2.03. The van der Waals surface area contributed by atoms with E-state index in [1.54, 1.807) is 0 Å². The molecule has 58 valence electrons. The van der Waals surface area contributed by atoms with Crippen molar-refractivity contribution >= 4 is 45.2 Å². The summed E-state index contributed by atoms with van der Waals surface area (Å²) in [6.45, 7) is 0. The average molecular weight is 378 g/mol. The van der Waals surface area contributed by atoms with Gasteiger partial charge < -0.3 is 0 Å². The van der Waals surface area contributed by atoms with Crippen molar-refractivity contribution in [3.05, 3.63) is 35.4 Å². The molecule has 0 aliphatic rings. The molecular formula is C10H4I2. The second-order valence-corrected chi connectivity index (χ2v) is 3.10.